The minimum absolute atomic E-state index is 0.0365. The Morgan fingerprint density at radius 2 is 2.00 bits per heavy atom. The zero-order valence-corrected chi connectivity index (χ0v) is 12.6. The lowest BCUT2D eigenvalue weighted by molar-refractivity contribution is -0.130. The summed E-state index contributed by atoms with van der Waals surface area (Å²) in [7, 11) is 0. The van der Waals surface area contributed by atoms with Crippen LogP contribution in [0.15, 0.2) is 18.2 Å². The highest BCUT2D eigenvalue weighted by Gasteiger charge is 2.39. The minimum atomic E-state index is -0.591. The lowest BCUT2D eigenvalue weighted by Crippen LogP contribution is -2.48. The van der Waals surface area contributed by atoms with E-state index in [0.29, 0.717) is 37.4 Å². The van der Waals surface area contributed by atoms with Crippen LogP contribution in [0.25, 0.3) is 0 Å². The zero-order chi connectivity index (χ0) is 15.6. The first-order valence-corrected chi connectivity index (χ1v) is 7.31. The molecule has 0 saturated carbocycles. The second-order valence-corrected chi connectivity index (χ2v) is 5.85. The predicted molar refractivity (Wildman–Crippen MR) is 78.5 cm³/mol. The molecule has 0 aromatic heterocycles. The van der Waals surface area contributed by atoms with Crippen LogP contribution in [0, 0.1) is 11.2 Å². The summed E-state index contributed by atoms with van der Waals surface area (Å²) in [6.07, 6.45) is 1.66. The van der Waals surface area contributed by atoms with E-state index in [1.165, 1.54) is 18.2 Å². The number of carbonyl (C=O) groups excluding carboxylic acids is 2. The third-order valence-electron chi connectivity index (χ3n) is 4.37. The molecule has 0 bridgehead atoms. The van der Waals surface area contributed by atoms with E-state index in [9.17, 15) is 14.0 Å². The molecular formula is C15H18ClFN2O2. The predicted octanol–water partition coefficient (Wildman–Crippen LogP) is 2.60. The molecular weight excluding hydrogens is 295 g/mol. The third-order valence-corrected chi connectivity index (χ3v) is 4.60. The molecule has 1 heterocycles. The Balaban J connectivity index is 2.13. The molecule has 2 N–H and O–H groups in total. The van der Waals surface area contributed by atoms with Gasteiger partial charge in [-0.25, -0.2) is 4.39 Å². The lowest BCUT2D eigenvalue weighted by atomic mass is 9.75. The first kappa shape index (κ1) is 15.8. The molecule has 1 saturated heterocycles. The fourth-order valence-corrected chi connectivity index (χ4v) is 2.92. The van der Waals surface area contributed by atoms with Crippen LogP contribution in [-0.2, 0) is 4.79 Å². The fourth-order valence-electron chi connectivity index (χ4n) is 2.74. The Kier molecular flexibility index (Phi) is 4.52. The highest BCUT2D eigenvalue weighted by molar-refractivity contribution is 6.31. The van der Waals surface area contributed by atoms with E-state index in [2.05, 4.69) is 0 Å². The number of primary amides is 1. The molecule has 1 aromatic rings. The molecule has 4 nitrogen and oxygen atoms in total. The standard InChI is InChI=1S/C15H18ClFN2O2/c1-2-15(14(18)21)5-7-19(8-6-15)13(20)11-9-10(16)3-4-12(11)17/h3-4,9H,2,5-8H2,1H3,(H2,18,21). The first-order chi connectivity index (χ1) is 9.89. The number of amides is 2. The average molecular weight is 313 g/mol. The van der Waals surface area contributed by atoms with Crippen LogP contribution in [0.4, 0.5) is 4.39 Å². The van der Waals surface area contributed by atoms with Crippen molar-refractivity contribution in [2.24, 2.45) is 11.1 Å². The number of rotatable bonds is 3. The summed E-state index contributed by atoms with van der Waals surface area (Å²) >= 11 is 5.81. The summed E-state index contributed by atoms with van der Waals surface area (Å²) in [5.41, 5.74) is 4.88. The van der Waals surface area contributed by atoms with Crippen molar-refractivity contribution in [3.05, 3.63) is 34.6 Å². The Bertz CT molecular complexity index is 569. The minimum Gasteiger partial charge on any atom is -0.369 e. The number of piperidine rings is 1. The van der Waals surface area contributed by atoms with Crippen LogP contribution in [0.3, 0.4) is 0 Å². The second-order valence-electron chi connectivity index (χ2n) is 5.41. The van der Waals surface area contributed by atoms with Crippen molar-refractivity contribution in [1.29, 1.82) is 0 Å². The molecule has 21 heavy (non-hydrogen) atoms. The van der Waals surface area contributed by atoms with E-state index in [1.807, 2.05) is 6.92 Å². The molecule has 1 aromatic carbocycles. The van der Waals surface area contributed by atoms with Crippen LogP contribution in [0.2, 0.25) is 5.02 Å². The Morgan fingerprint density at radius 1 is 1.38 bits per heavy atom. The molecule has 114 valence electrons. The van der Waals surface area contributed by atoms with Gasteiger partial charge in [0, 0.05) is 18.1 Å². The number of nitrogens with two attached hydrogens (primary N) is 1. The molecule has 0 spiro atoms. The monoisotopic (exact) mass is 312 g/mol. The van der Waals surface area contributed by atoms with Gasteiger partial charge in [-0.05, 0) is 37.5 Å². The van der Waals surface area contributed by atoms with Gasteiger partial charge in [-0.1, -0.05) is 18.5 Å². The van der Waals surface area contributed by atoms with Crippen molar-refractivity contribution in [1.82, 2.24) is 4.90 Å². The summed E-state index contributed by atoms with van der Waals surface area (Å²) in [4.78, 5) is 25.5. The molecule has 6 heteroatoms. The quantitative estimate of drug-likeness (QED) is 0.932. The van der Waals surface area contributed by atoms with Crippen molar-refractivity contribution in [2.75, 3.05) is 13.1 Å². The molecule has 1 aliphatic heterocycles. The number of carbonyl (C=O) groups is 2. The maximum atomic E-state index is 13.7. The molecule has 0 radical (unpaired) electrons. The van der Waals surface area contributed by atoms with Gasteiger partial charge < -0.3 is 10.6 Å². The molecule has 2 rings (SSSR count). The first-order valence-electron chi connectivity index (χ1n) is 6.94. The Hall–Kier alpha value is -1.62. The van der Waals surface area contributed by atoms with E-state index in [1.54, 1.807) is 4.90 Å². The summed E-state index contributed by atoms with van der Waals surface area (Å²) < 4.78 is 13.7. The largest absolute Gasteiger partial charge is 0.369 e. The highest BCUT2D eigenvalue weighted by atomic mass is 35.5. The van der Waals surface area contributed by atoms with E-state index in [4.69, 9.17) is 17.3 Å². The van der Waals surface area contributed by atoms with Crippen LogP contribution < -0.4 is 5.73 Å². The van der Waals surface area contributed by atoms with Crippen LogP contribution in [0.5, 0.6) is 0 Å². The van der Waals surface area contributed by atoms with Gasteiger partial charge in [0.05, 0.1) is 11.0 Å². The lowest BCUT2D eigenvalue weighted by Gasteiger charge is -2.39. The van der Waals surface area contributed by atoms with Gasteiger partial charge in [-0.2, -0.15) is 0 Å². The average Bonchev–Trinajstić information content (AvgIpc) is 2.49. The summed E-state index contributed by atoms with van der Waals surface area (Å²) in [5.74, 6) is -1.32. The zero-order valence-electron chi connectivity index (χ0n) is 11.9. The van der Waals surface area contributed by atoms with E-state index in [0.717, 1.165) is 0 Å². The van der Waals surface area contributed by atoms with Crippen molar-refractivity contribution in [3.63, 3.8) is 0 Å². The van der Waals surface area contributed by atoms with E-state index < -0.39 is 17.1 Å². The normalized spacial score (nSPS) is 17.6. The van der Waals surface area contributed by atoms with Gasteiger partial charge >= 0.3 is 0 Å². The topological polar surface area (TPSA) is 63.4 Å². The maximum absolute atomic E-state index is 13.7. The number of nitrogens with zero attached hydrogens (tertiary/aromatic N) is 1. The highest BCUT2D eigenvalue weighted by Crippen LogP contribution is 2.35. The van der Waals surface area contributed by atoms with Gasteiger partial charge in [0.15, 0.2) is 0 Å². The van der Waals surface area contributed by atoms with Gasteiger partial charge in [0.2, 0.25) is 5.91 Å². The number of likely N-dealkylation sites (tertiary alicyclic amines) is 1. The van der Waals surface area contributed by atoms with Crippen molar-refractivity contribution >= 4 is 23.4 Å². The fraction of sp³-hybridized carbons (Fsp3) is 0.467. The maximum Gasteiger partial charge on any atom is 0.256 e. The molecule has 0 atom stereocenters. The second kappa shape index (κ2) is 6.02. The number of halogens is 2. The smallest absolute Gasteiger partial charge is 0.256 e. The molecule has 0 unspecified atom stereocenters. The van der Waals surface area contributed by atoms with Gasteiger partial charge in [-0.15, -0.1) is 0 Å². The van der Waals surface area contributed by atoms with Crippen LogP contribution in [0.1, 0.15) is 36.5 Å². The van der Waals surface area contributed by atoms with E-state index >= 15 is 0 Å². The SMILES string of the molecule is CCC1(C(N)=O)CCN(C(=O)c2cc(Cl)ccc2F)CC1. The third kappa shape index (κ3) is 3.02. The Labute approximate surface area is 128 Å². The molecule has 0 aliphatic carbocycles. The van der Waals surface area contributed by atoms with Crippen molar-refractivity contribution < 1.29 is 14.0 Å². The molecule has 1 aliphatic rings. The van der Waals surface area contributed by atoms with Crippen molar-refractivity contribution in [3.8, 4) is 0 Å². The van der Waals surface area contributed by atoms with Gasteiger partial charge in [0.25, 0.3) is 5.91 Å². The summed E-state index contributed by atoms with van der Waals surface area (Å²) in [5, 5.41) is 0.316. The summed E-state index contributed by atoms with van der Waals surface area (Å²) in [6.45, 7) is 2.70. The van der Waals surface area contributed by atoms with Crippen LogP contribution in [-0.4, -0.2) is 29.8 Å². The van der Waals surface area contributed by atoms with Gasteiger partial charge in [-0.3, -0.25) is 9.59 Å². The van der Waals surface area contributed by atoms with Crippen molar-refractivity contribution in [2.45, 2.75) is 26.2 Å². The van der Waals surface area contributed by atoms with E-state index in [-0.39, 0.29) is 11.5 Å². The number of hydrogen-bond acceptors (Lipinski definition) is 2. The number of hydrogen-bond donors (Lipinski definition) is 1. The Morgan fingerprint density at radius 3 is 2.52 bits per heavy atom. The van der Waals surface area contributed by atoms with Crippen LogP contribution >= 0.6 is 11.6 Å². The van der Waals surface area contributed by atoms with Gasteiger partial charge in [0.1, 0.15) is 5.82 Å². The number of benzene rings is 1. The molecule has 1 fully saturated rings. The molecule has 2 amide bonds. The summed E-state index contributed by atoms with van der Waals surface area (Å²) in [6, 6.07) is 3.91.